The lowest BCUT2D eigenvalue weighted by molar-refractivity contribution is 0.0206. The van der Waals surface area contributed by atoms with E-state index in [0.29, 0.717) is 12.5 Å². The number of hydrogen-bond donors (Lipinski definition) is 1. The predicted molar refractivity (Wildman–Crippen MR) is 88.5 cm³/mol. The van der Waals surface area contributed by atoms with E-state index in [1.165, 1.54) is 12.8 Å². The molecule has 1 amide bonds. The van der Waals surface area contributed by atoms with Crippen LogP contribution >= 0.6 is 0 Å². The number of carbonyl (C=O) groups excluding carboxylic acids is 1. The maximum absolute atomic E-state index is 12.2. The summed E-state index contributed by atoms with van der Waals surface area (Å²) >= 11 is 0. The van der Waals surface area contributed by atoms with Gasteiger partial charge in [-0.2, -0.15) is 0 Å². The van der Waals surface area contributed by atoms with Crippen LogP contribution in [0, 0.1) is 0 Å². The molecular weight excluding hydrogens is 292 g/mol. The molecule has 0 radical (unpaired) electrons. The van der Waals surface area contributed by atoms with E-state index in [2.05, 4.69) is 15.3 Å². The topological polar surface area (TPSA) is 67.3 Å². The van der Waals surface area contributed by atoms with Crippen LogP contribution in [0.1, 0.15) is 58.1 Å². The molecule has 6 heteroatoms. The number of piperidine rings is 1. The number of anilines is 1. The fraction of sp³-hybridized carbons (Fsp3) is 0.706. The molecule has 2 fully saturated rings. The minimum atomic E-state index is -0.455. The summed E-state index contributed by atoms with van der Waals surface area (Å²) in [6, 6.07) is 2.25. The van der Waals surface area contributed by atoms with Gasteiger partial charge in [0.15, 0.2) is 0 Å². The number of ether oxygens (including phenoxy) is 1. The predicted octanol–water partition coefficient (Wildman–Crippen LogP) is 3.17. The van der Waals surface area contributed by atoms with E-state index in [9.17, 15) is 4.79 Å². The van der Waals surface area contributed by atoms with E-state index in [1.54, 1.807) is 11.2 Å². The highest BCUT2D eigenvalue weighted by Gasteiger charge is 2.28. The first-order valence-electron chi connectivity index (χ1n) is 8.47. The minimum Gasteiger partial charge on any atom is -0.444 e. The molecule has 126 valence electrons. The third-order valence-corrected chi connectivity index (χ3v) is 4.11. The average molecular weight is 318 g/mol. The van der Waals surface area contributed by atoms with Crippen LogP contribution in [0.15, 0.2) is 12.4 Å². The van der Waals surface area contributed by atoms with Gasteiger partial charge < -0.3 is 15.0 Å². The van der Waals surface area contributed by atoms with Gasteiger partial charge in [-0.1, -0.05) is 0 Å². The van der Waals surface area contributed by atoms with Crippen molar-refractivity contribution < 1.29 is 9.53 Å². The number of aromatic nitrogens is 2. The van der Waals surface area contributed by atoms with Crippen molar-refractivity contribution in [2.75, 3.05) is 18.4 Å². The molecule has 0 aromatic carbocycles. The number of rotatable bonds is 3. The summed E-state index contributed by atoms with van der Waals surface area (Å²) in [7, 11) is 0. The van der Waals surface area contributed by atoms with Crippen LogP contribution in [-0.2, 0) is 4.74 Å². The summed E-state index contributed by atoms with van der Waals surface area (Å²) in [6.07, 6.45) is 5.85. The van der Waals surface area contributed by atoms with E-state index in [0.717, 1.165) is 30.9 Å². The Kier molecular flexibility index (Phi) is 4.41. The molecule has 2 heterocycles. The molecule has 1 saturated carbocycles. The van der Waals surface area contributed by atoms with Crippen molar-refractivity contribution in [3.63, 3.8) is 0 Å². The van der Waals surface area contributed by atoms with Crippen molar-refractivity contribution in [3.05, 3.63) is 18.1 Å². The SMILES string of the molecule is CC(C)(C)OC(=O)N1CCCC(Nc2cc(C3CC3)ncn2)C1. The summed E-state index contributed by atoms with van der Waals surface area (Å²) in [4.78, 5) is 22.7. The van der Waals surface area contributed by atoms with Crippen molar-refractivity contribution in [2.45, 2.75) is 64.0 Å². The average Bonchev–Trinajstić information content (AvgIpc) is 3.31. The van der Waals surface area contributed by atoms with Crippen LogP contribution in [0.3, 0.4) is 0 Å². The van der Waals surface area contributed by atoms with Gasteiger partial charge in [0.1, 0.15) is 17.7 Å². The maximum atomic E-state index is 12.2. The van der Waals surface area contributed by atoms with Crippen molar-refractivity contribution >= 4 is 11.9 Å². The third kappa shape index (κ3) is 4.56. The van der Waals surface area contributed by atoms with Crippen LogP contribution in [-0.4, -0.2) is 45.7 Å². The third-order valence-electron chi connectivity index (χ3n) is 4.11. The molecule has 6 nitrogen and oxygen atoms in total. The summed E-state index contributed by atoms with van der Waals surface area (Å²) < 4.78 is 5.47. The summed E-state index contributed by atoms with van der Waals surface area (Å²) in [6.45, 7) is 7.09. The molecule has 1 aromatic heterocycles. The standard InChI is InChI=1S/C17H26N4O2/c1-17(2,3)23-16(22)21-8-4-5-13(10-21)20-15-9-14(12-6-7-12)18-11-19-15/h9,11-13H,4-8,10H2,1-3H3,(H,18,19,20). The number of carbonyl (C=O) groups is 1. The first kappa shape index (κ1) is 16.0. The molecule has 1 unspecified atom stereocenters. The zero-order valence-electron chi connectivity index (χ0n) is 14.2. The van der Waals surface area contributed by atoms with Crippen molar-refractivity contribution in [1.82, 2.24) is 14.9 Å². The molecule has 1 aromatic rings. The Morgan fingerprint density at radius 3 is 2.78 bits per heavy atom. The quantitative estimate of drug-likeness (QED) is 0.927. The highest BCUT2D eigenvalue weighted by atomic mass is 16.6. The number of likely N-dealkylation sites (tertiary alicyclic amines) is 1. The van der Waals surface area contributed by atoms with Gasteiger partial charge in [-0.25, -0.2) is 14.8 Å². The van der Waals surface area contributed by atoms with E-state index in [1.807, 2.05) is 26.8 Å². The van der Waals surface area contributed by atoms with Crippen LogP contribution in [0.4, 0.5) is 10.6 Å². The van der Waals surface area contributed by atoms with Gasteiger partial charge >= 0.3 is 6.09 Å². The lowest BCUT2D eigenvalue weighted by Crippen LogP contribution is -2.47. The van der Waals surface area contributed by atoms with Crippen LogP contribution < -0.4 is 5.32 Å². The molecule has 0 bridgehead atoms. The molecule has 2 aliphatic rings. The molecule has 1 aliphatic carbocycles. The lowest BCUT2D eigenvalue weighted by Gasteiger charge is -2.34. The van der Waals surface area contributed by atoms with E-state index in [4.69, 9.17) is 4.74 Å². The second-order valence-corrected chi connectivity index (χ2v) is 7.51. The van der Waals surface area contributed by atoms with Gasteiger partial charge in [0.25, 0.3) is 0 Å². The van der Waals surface area contributed by atoms with Crippen LogP contribution in [0.5, 0.6) is 0 Å². The Morgan fingerprint density at radius 1 is 1.30 bits per heavy atom. The van der Waals surface area contributed by atoms with Crippen molar-refractivity contribution in [2.24, 2.45) is 0 Å². The minimum absolute atomic E-state index is 0.207. The summed E-state index contributed by atoms with van der Waals surface area (Å²) in [5.74, 6) is 1.47. The van der Waals surface area contributed by atoms with Gasteiger partial charge in [-0.05, 0) is 46.5 Å². The Morgan fingerprint density at radius 2 is 2.09 bits per heavy atom. The van der Waals surface area contributed by atoms with Crippen LogP contribution in [0.25, 0.3) is 0 Å². The zero-order chi connectivity index (χ0) is 16.4. The normalized spacial score (nSPS) is 21.9. The van der Waals surface area contributed by atoms with E-state index >= 15 is 0 Å². The second kappa shape index (κ2) is 6.34. The van der Waals surface area contributed by atoms with E-state index in [-0.39, 0.29) is 12.1 Å². The summed E-state index contributed by atoms with van der Waals surface area (Å²) in [5, 5.41) is 3.45. The van der Waals surface area contributed by atoms with Gasteiger partial charge in [0, 0.05) is 36.8 Å². The lowest BCUT2D eigenvalue weighted by atomic mass is 10.1. The molecule has 23 heavy (non-hydrogen) atoms. The number of nitrogens with zero attached hydrogens (tertiary/aromatic N) is 3. The monoisotopic (exact) mass is 318 g/mol. The van der Waals surface area contributed by atoms with Crippen molar-refractivity contribution in [1.29, 1.82) is 0 Å². The van der Waals surface area contributed by atoms with Gasteiger partial charge in [0.05, 0.1) is 0 Å². The molecule has 3 rings (SSSR count). The molecule has 1 N–H and O–H groups in total. The molecule has 0 spiro atoms. The highest BCUT2D eigenvalue weighted by Crippen LogP contribution is 2.39. The number of nitrogens with one attached hydrogen (secondary N) is 1. The first-order chi connectivity index (χ1) is 10.9. The first-order valence-corrected chi connectivity index (χ1v) is 8.47. The Bertz CT molecular complexity index is 566. The fourth-order valence-electron chi connectivity index (χ4n) is 2.85. The molecule has 1 saturated heterocycles. The largest absolute Gasteiger partial charge is 0.444 e. The van der Waals surface area contributed by atoms with Gasteiger partial charge in [-0.3, -0.25) is 0 Å². The number of hydrogen-bond acceptors (Lipinski definition) is 5. The fourth-order valence-corrected chi connectivity index (χ4v) is 2.85. The highest BCUT2D eigenvalue weighted by molar-refractivity contribution is 5.68. The summed E-state index contributed by atoms with van der Waals surface area (Å²) in [5.41, 5.74) is 0.672. The second-order valence-electron chi connectivity index (χ2n) is 7.51. The van der Waals surface area contributed by atoms with Gasteiger partial charge in [-0.15, -0.1) is 0 Å². The van der Waals surface area contributed by atoms with Gasteiger partial charge in [0.2, 0.25) is 0 Å². The maximum Gasteiger partial charge on any atom is 0.410 e. The zero-order valence-corrected chi connectivity index (χ0v) is 14.2. The Balaban J connectivity index is 1.58. The molecule has 1 aliphatic heterocycles. The molecule has 1 atom stereocenters. The Labute approximate surface area is 137 Å². The Hall–Kier alpha value is -1.85. The molecular formula is C17H26N4O2. The smallest absolute Gasteiger partial charge is 0.410 e. The van der Waals surface area contributed by atoms with Crippen LogP contribution in [0.2, 0.25) is 0 Å². The number of amides is 1. The van der Waals surface area contributed by atoms with Crippen molar-refractivity contribution in [3.8, 4) is 0 Å². The van der Waals surface area contributed by atoms with E-state index < -0.39 is 5.60 Å².